The van der Waals surface area contributed by atoms with Crippen molar-refractivity contribution in [2.45, 2.75) is 38.1 Å². The molecule has 0 aromatic carbocycles. The Morgan fingerprint density at radius 2 is 1.89 bits per heavy atom. The van der Waals surface area contributed by atoms with Gasteiger partial charge >= 0.3 is 0 Å². The average molecular weight is 272 g/mol. The predicted octanol–water partition coefficient (Wildman–Crippen LogP) is 0.733. The number of methoxy groups -OCH3 is 2. The molecule has 1 rings (SSSR count). The average Bonchev–Trinajstić information content (AvgIpc) is 2.93. The van der Waals surface area contributed by atoms with Gasteiger partial charge in [0.15, 0.2) is 0 Å². The van der Waals surface area contributed by atoms with Gasteiger partial charge in [0.05, 0.1) is 12.6 Å². The molecule has 1 aliphatic rings. The van der Waals surface area contributed by atoms with E-state index in [2.05, 4.69) is 10.3 Å². The Balaban J connectivity index is 2.55. The fourth-order valence-electron chi connectivity index (χ4n) is 2.34. The molecule has 0 amide bonds. The van der Waals surface area contributed by atoms with E-state index in [-0.39, 0.29) is 0 Å². The number of hydrogen-bond acceptors (Lipinski definition) is 4. The van der Waals surface area contributed by atoms with Crippen LogP contribution in [0.25, 0.3) is 0 Å². The first kappa shape index (κ1) is 16.2. The molecule has 3 N–H and O–H groups in total. The van der Waals surface area contributed by atoms with Crippen molar-refractivity contribution in [3.63, 3.8) is 0 Å². The number of ether oxygens (including phenoxy) is 2. The molecule has 0 aromatic heterocycles. The Kier molecular flexibility index (Phi) is 8.53. The Labute approximate surface area is 116 Å². The van der Waals surface area contributed by atoms with E-state index in [1.807, 2.05) is 0 Å². The van der Waals surface area contributed by atoms with Crippen molar-refractivity contribution in [1.29, 1.82) is 0 Å². The SMILES string of the molecule is COCCCN(CCOC)C(=NC1CCCC1)NN. The first-order valence-electron chi connectivity index (χ1n) is 7.09. The summed E-state index contributed by atoms with van der Waals surface area (Å²) in [6.45, 7) is 3.06. The molecule has 0 aromatic rings. The molecule has 0 heterocycles. The molecule has 0 spiro atoms. The Morgan fingerprint density at radius 1 is 1.21 bits per heavy atom. The van der Waals surface area contributed by atoms with Crippen LogP contribution in [0.2, 0.25) is 0 Å². The minimum atomic E-state index is 0.415. The molecule has 0 radical (unpaired) electrons. The van der Waals surface area contributed by atoms with E-state index in [0.29, 0.717) is 12.6 Å². The molecule has 1 aliphatic carbocycles. The minimum Gasteiger partial charge on any atom is -0.385 e. The second kappa shape index (κ2) is 10.00. The van der Waals surface area contributed by atoms with Crippen LogP contribution in [-0.4, -0.2) is 57.4 Å². The summed E-state index contributed by atoms with van der Waals surface area (Å²) in [5.74, 6) is 6.41. The fourth-order valence-corrected chi connectivity index (χ4v) is 2.34. The van der Waals surface area contributed by atoms with Gasteiger partial charge in [0.1, 0.15) is 0 Å². The van der Waals surface area contributed by atoms with Crippen molar-refractivity contribution in [1.82, 2.24) is 10.3 Å². The molecule has 0 saturated heterocycles. The lowest BCUT2D eigenvalue weighted by Crippen LogP contribution is -2.47. The topological polar surface area (TPSA) is 72.1 Å². The van der Waals surface area contributed by atoms with Crippen LogP contribution >= 0.6 is 0 Å². The molecule has 1 saturated carbocycles. The van der Waals surface area contributed by atoms with E-state index in [1.165, 1.54) is 25.7 Å². The molecular formula is C13H28N4O2. The lowest BCUT2D eigenvalue weighted by Gasteiger charge is -2.26. The molecule has 6 heteroatoms. The summed E-state index contributed by atoms with van der Waals surface area (Å²) in [6.07, 6.45) is 5.83. The number of aliphatic imine (C=N–C) groups is 1. The van der Waals surface area contributed by atoms with Crippen LogP contribution in [0, 0.1) is 0 Å². The second-order valence-electron chi connectivity index (χ2n) is 4.86. The van der Waals surface area contributed by atoms with Gasteiger partial charge in [-0.25, -0.2) is 10.8 Å². The first-order valence-corrected chi connectivity index (χ1v) is 7.09. The zero-order chi connectivity index (χ0) is 13.9. The maximum atomic E-state index is 5.63. The monoisotopic (exact) mass is 272 g/mol. The minimum absolute atomic E-state index is 0.415. The van der Waals surface area contributed by atoms with E-state index in [9.17, 15) is 0 Å². The zero-order valence-electron chi connectivity index (χ0n) is 12.2. The number of nitrogens with zero attached hydrogens (tertiary/aromatic N) is 2. The Hall–Kier alpha value is -0.850. The highest BCUT2D eigenvalue weighted by molar-refractivity contribution is 5.79. The van der Waals surface area contributed by atoms with E-state index < -0.39 is 0 Å². The van der Waals surface area contributed by atoms with Gasteiger partial charge in [-0.05, 0) is 19.3 Å². The highest BCUT2D eigenvalue weighted by Crippen LogP contribution is 2.21. The number of rotatable bonds is 8. The van der Waals surface area contributed by atoms with Gasteiger partial charge in [0.25, 0.3) is 0 Å². The lowest BCUT2D eigenvalue weighted by molar-refractivity contribution is 0.159. The molecule has 0 aliphatic heterocycles. The van der Waals surface area contributed by atoms with E-state index in [4.69, 9.17) is 20.3 Å². The van der Waals surface area contributed by atoms with E-state index >= 15 is 0 Å². The molecule has 0 unspecified atom stereocenters. The summed E-state index contributed by atoms with van der Waals surface area (Å²) in [5.41, 5.74) is 2.74. The zero-order valence-corrected chi connectivity index (χ0v) is 12.2. The van der Waals surface area contributed by atoms with Crippen molar-refractivity contribution in [2.75, 3.05) is 40.5 Å². The summed E-state index contributed by atoms with van der Waals surface area (Å²) >= 11 is 0. The van der Waals surface area contributed by atoms with Crippen LogP contribution in [0.15, 0.2) is 4.99 Å². The smallest absolute Gasteiger partial charge is 0.208 e. The Bertz CT molecular complexity index is 255. The summed E-state index contributed by atoms with van der Waals surface area (Å²) in [7, 11) is 3.42. The number of nitrogens with one attached hydrogen (secondary N) is 1. The quantitative estimate of drug-likeness (QED) is 0.224. The van der Waals surface area contributed by atoms with Crippen molar-refractivity contribution in [2.24, 2.45) is 10.8 Å². The fraction of sp³-hybridized carbons (Fsp3) is 0.923. The summed E-state index contributed by atoms with van der Waals surface area (Å²) in [4.78, 5) is 6.88. The lowest BCUT2D eigenvalue weighted by atomic mass is 10.3. The second-order valence-corrected chi connectivity index (χ2v) is 4.86. The van der Waals surface area contributed by atoms with Crippen molar-refractivity contribution < 1.29 is 9.47 Å². The third-order valence-corrected chi connectivity index (χ3v) is 3.40. The molecular weight excluding hydrogens is 244 g/mol. The molecule has 112 valence electrons. The van der Waals surface area contributed by atoms with Crippen LogP contribution in [0.3, 0.4) is 0 Å². The number of hydrazine groups is 1. The highest BCUT2D eigenvalue weighted by atomic mass is 16.5. The Morgan fingerprint density at radius 3 is 2.47 bits per heavy atom. The van der Waals surface area contributed by atoms with Crippen molar-refractivity contribution in [3.05, 3.63) is 0 Å². The maximum absolute atomic E-state index is 5.63. The molecule has 6 nitrogen and oxygen atoms in total. The highest BCUT2D eigenvalue weighted by Gasteiger charge is 2.17. The van der Waals surface area contributed by atoms with Gasteiger partial charge in [-0.2, -0.15) is 0 Å². The number of hydrogen-bond donors (Lipinski definition) is 2. The van der Waals surface area contributed by atoms with Gasteiger partial charge in [0.2, 0.25) is 5.96 Å². The first-order chi connectivity index (χ1) is 9.31. The van der Waals surface area contributed by atoms with Crippen LogP contribution < -0.4 is 11.3 Å². The third kappa shape index (κ3) is 6.22. The van der Waals surface area contributed by atoms with Gasteiger partial charge in [-0.3, -0.25) is 5.43 Å². The molecule has 19 heavy (non-hydrogen) atoms. The van der Waals surface area contributed by atoms with Crippen LogP contribution in [0.5, 0.6) is 0 Å². The van der Waals surface area contributed by atoms with Gasteiger partial charge in [0, 0.05) is 33.9 Å². The van der Waals surface area contributed by atoms with Crippen LogP contribution in [0.1, 0.15) is 32.1 Å². The summed E-state index contributed by atoms with van der Waals surface area (Å²) in [6, 6.07) is 0.415. The van der Waals surface area contributed by atoms with E-state index in [0.717, 1.165) is 32.1 Å². The van der Waals surface area contributed by atoms with Gasteiger partial charge < -0.3 is 14.4 Å². The maximum Gasteiger partial charge on any atom is 0.208 e. The summed E-state index contributed by atoms with van der Waals surface area (Å²) < 4.78 is 10.2. The molecule has 1 fully saturated rings. The van der Waals surface area contributed by atoms with Crippen molar-refractivity contribution in [3.8, 4) is 0 Å². The third-order valence-electron chi connectivity index (χ3n) is 3.40. The van der Waals surface area contributed by atoms with Crippen LogP contribution in [0.4, 0.5) is 0 Å². The van der Waals surface area contributed by atoms with Crippen molar-refractivity contribution >= 4 is 5.96 Å². The molecule has 0 bridgehead atoms. The standard InChI is InChI=1S/C13H28N4O2/c1-18-10-5-8-17(9-11-19-2)13(16-14)15-12-6-3-4-7-12/h12H,3-11,14H2,1-2H3,(H,15,16). The largest absolute Gasteiger partial charge is 0.385 e. The van der Waals surface area contributed by atoms with Gasteiger partial charge in [-0.1, -0.05) is 12.8 Å². The number of guanidine groups is 1. The summed E-state index contributed by atoms with van der Waals surface area (Å²) in [5, 5.41) is 0. The number of nitrogens with two attached hydrogens (primary N) is 1. The van der Waals surface area contributed by atoms with Gasteiger partial charge in [-0.15, -0.1) is 0 Å². The molecule has 0 atom stereocenters. The normalized spacial score (nSPS) is 16.9. The van der Waals surface area contributed by atoms with E-state index in [1.54, 1.807) is 14.2 Å². The van der Waals surface area contributed by atoms with Crippen LogP contribution in [-0.2, 0) is 9.47 Å². The predicted molar refractivity (Wildman–Crippen MR) is 77.0 cm³/mol.